The minimum absolute atomic E-state index is 0.331. The van der Waals surface area contributed by atoms with Crippen molar-refractivity contribution in [3.8, 4) is 11.8 Å². The number of nitrogens with zero attached hydrogens (tertiary/aromatic N) is 3. The van der Waals surface area contributed by atoms with Gasteiger partial charge in [-0.2, -0.15) is 4.98 Å². The first-order valence-electron chi connectivity index (χ1n) is 6.00. The first-order valence-corrected chi connectivity index (χ1v) is 6.80. The van der Waals surface area contributed by atoms with Crippen molar-refractivity contribution in [2.75, 3.05) is 6.54 Å². The number of hydrogen-bond acceptors (Lipinski definition) is 5. The molecule has 2 rings (SSSR count). The van der Waals surface area contributed by atoms with Gasteiger partial charge in [0.2, 0.25) is 0 Å². The zero-order valence-electron chi connectivity index (χ0n) is 10.9. The molecule has 100 valence electrons. The van der Waals surface area contributed by atoms with Gasteiger partial charge < -0.3 is 10.1 Å². The van der Waals surface area contributed by atoms with Gasteiger partial charge in [-0.05, 0) is 35.5 Å². The molecule has 0 aromatic carbocycles. The molecule has 1 N–H and O–H groups in total. The van der Waals surface area contributed by atoms with Crippen molar-refractivity contribution in [3.05, 3.63) is 40.4 Å². The van der Waals surface area contributed by atoms with E-state index in [0.29, 0.717) is 11.8 Å². The third-order valence-corrected chi connectivity index (χ3v) is 2.95. The summed E-state index contributed by atoms with van der Waals surface area (Å²) in [6, 6.07) is 2.15. The van der Waals surface area contributed by atoms with Gasteiger partial charge in [0.25, 0.3) is 0 Å². The highest BCUT2D eigenvalue weighted by atomic mass is 79.9. The van der Waals surface area contributed by atoms with E-state index in [1.165, 1.54) is 0 Å². The van der Waals surface area contributed by atoms with Gasteiger partial charge in [-0.3, -0.25) is 4.98 Å². The lowest BCUT2D eigenvalue weighted by Crippen LogP contribution is -2.13. The van der Waals surface area contributed by atoms with Crippen LogP contribution >= 0.6 is 15.9 Å². The maximum atomic E-state index is 5.56. The van der Waals surface area contributed by atoms with Crippen LogP contribution < -0.4 is 10.1 Å². The van der Waals surface area contributed by atoms with Crippen LogP contribution in [0.3, 0.4) is 0 Å². The fourth-order valence-electron chi connectivity index (χ4n) is 1.51. The molecule has 0 unspecified atom stereocenters. The Morgan fingerprint density at radius 2 is 2.16 bits per heavy atom. The highest BCUT2D eigenvalue weighted by Crippen LogP contribution is 2.20. The molecule has 0 aliphatic rings. The molecule has 0 saturated carbocycles. The van der Waals surface area contributed by atoms with Gasteiger partial charge in [0.05, 0.1) is 6.20 Å². The van der Waals surface area contributed by atoms with Crippen LogP contribution in [0, 0.1) is 6.92 Å². The minimum Gasteiger partial charge on any atom is -0.423 e. The van der Waals surface area contributed by atoms with Crippen LogP contribution in [0.2, 0.25) is 0 Å². The van der Waals surface area contributed by atoms with Crippen LogP contribution in [0.5, 0.6) is 11.8 Å². The quantitative estimate of drug-likeness (QED) is 0.917. The van der Waals surface area contributed by atoms with Crippen LogP contribution in [-0.4, -0.2) is 21.5 Å². The Hall–Kier alpha value is -1.53. The largest absolute Gasteiger partial charge is 0.423 e. The predicted octanol–water partition coefficient (Wildman–Crippen LogP) is 2.84. The third kappa shape index (κ3) is 3.97. The molecular formula is C13H15BrN4O. The van der Waals surface area contributed by atoms with Gasteiger partial charge in [0, 0.05) is 34.7 Å². The van der Waals surface area contributed by atoms with Crippen LogP contribution in [0.25, 0.3) is 0 Å². The molecule has 0 aliphatic carbocycles. The molecule has 2 heterocycles. The van der Waals surface area contributed by atoms with Gasteiger partial charge in [0.1, 0.15) is 0 Å². The molecule has 19 heavy (non-hydrogen) atoms. The Morgan fingerprint density at radius 3 is 2.84 bits per heavy atom. The van der Waals surface area contributed by atoms with Gasteiger partial charge in [-0.1, -0.05) is 6.92 Å². The summed E-state index contributed by atoms with van der Waals surface area (Å²) in [5, 5.41) is 3.24. The average molecular weight is 323 g/mol. The second-order valence-electron chi connectivity index (χ2n) is 3.98. The van der Waals surface area contributed by atoms with Crippen LogP contribution in [0.15, 0.2) is 29.1 Å². The first kappa shape index (κ1) is 13.9. The minimum atomic E-state index is 0.331. The lowest BCUT2D eigenvalue weighted by Gasteiger charge is -2.08. The Morgan fingerprint density at radius 1 is 1.32 bits per heavy atom. The standard InChI is InChI=1S/C13H15BrN4O/c1-3-15-5-10-6-17-13(18-9(10)2)19-12-4-11(14)7-16-8-12/h4,6-8,15H,3,5H2,1-2H3. The lowest BCUT2D eigenvalue weighted by atomic mass is 10.2. The summed E-state index contributed by atoms with van der Waals surface area (Å²) in [6.07, 6.45) is 5.10. The topological polar surface area (TPSA) is 59.9 Å². The van der Waals surface area contributed by atoms with Crippen molar-refractivity contribution in [2.45, 2.75) is 20.4 Å². The van der Waals surface area contributed by atoms with E-state index < -0.39 is 0 Å². The van der Waals surface area contributed by atoms with E-state index in [4.69, 9.17) is 4.74 Å². The molecular weight excluding hydrogens is 308 g/mol. The second-order valence-corrected chi connectivity index (χ2v) is 4.90. The first-order chi connectivity index (χ1) is 9.19. The summed E-state index contributed by atoms with van der Waals surface area (Å²) >= 11 is 3.34. The summed E-state index contributed by atoms with van der Waals surface area (Å²) in [5.41, 5.74) is 1.98. The average Bonchev–Trinajstić information content (AvgIpc) is 2.38. The van der Waals surface area contributed by atoms with E-state index in [2.05, 4.69) is 43.1 Å². The molecule has 0 amide bonds. The molecule has 6 heteroatoms. The SMILES string of the molecule is CCNCc1cnc(Oc2cncc(Br)c2)nc1C. The number of hydrogen-bond donors (Lipinski definition) is 1. The summed E-state index contributed by atoms with van der Waals surface area (Å²) in [7, 11) is 0. The van der Waals surface area contributed by atoms with Gasteiger partial charge in [-0.15, -0.1) is 0 Å². The van der Waals surface area contributed by atoms with E-state index >= 15 is 0 Å². The molecule has 2 aromatic rings. The molecule has 0 radical (unpaired) electrons. The van der Waals surface area contributed by atoms with Crippen molar-refractivity contribution in [1.82, 2.24) is 20.3 Å². The smallest absolute Gasteiger partial charge is 0.322 e. The van der Waals surface area contributed by atoms with Gasteiger partial charge >= 0.3 is 6.01 Å². The monoisotopic (exact) mass is 322 g/mol. The maximum Gasteiger partial charge on any atom is 0.322 e. The van der Waals surface area contributed by atoms with Crippen molar-refractivity contribution in [2.24, 2.45) is 0 Å². The normalized spacial score (nSPS) is 10.5. The number of halogens is 1. The Kier molecular flexibility index (Phi) is 4.81. The molecule has 0 bridgehead atoms. The van der Waals surface area contributed by atoms with Crippen molar-refractivity contribution in [1.29, 1.82) is 0 Å². The number of ether oxygens (including phenoxy) is 1. The number of nitrogens with one attached hydrogen (secondary N) is 1. The lowest BCUT2D eigenvalue weighted by molar-refractivity contribution is 0.437. The molecule has 2 aromatic heterocycles. The van der Waals surface area contributed by atoms with Gasteiger partial charge in [-0.25, -0.2) is 4.98 Å². The number of rotatable bonds is 5. The summed E-state index contributed by atoms with van der Waals surface area (Å²) in [6.45, 7) is 5.69. The highest BCUT2D eigenvalue weighted by Gasteiger charge is 2.05. The molecule has 5 nitrogen and oxygen atoms in total. The third-order valence-electron chi connectivity index (χ3n) is 2.51. The fraction of sp³-hybridized carbons (Fsp3) is 0.308. The zero-order chi connectivity index (χ0) is 13.7. The number of pyridine rings is 1. The fourth-order valence-corrected chi connectivity index (χ4v) is 1.85. The summed E-state index contributed by atoms with van der Waals surface area (Å²) in [4.78, 5) is 12.6. The zero-order valence-corrected chi connectivity index (χ0v) is 12.4. The maximum absolute atomic E-state index is 5.56. The van der Waals surface area contributed by atoms with Crippen LogP contribution in [-0.2, 0) is 6.54 Å². The molecule has 0 fully saturated rings. The molecule has 0 saturated heterocycles. The Labute approximate surface area is 120 Å². The predicted molar refractivity (Wildman–Crippen MR) is 76.2 cm³/mol. The molecule has 0 atom stereocenters. The van der Waals surface area contributed by atoms with E-state index in [1.54, 1.807) is 18.6 Å². The van der Waals surface area contributed by atoms with Gasteiger partial charge in [0.15, 0.2) is 5.75 Å². The van der Waals surface area contributed by atoms with E-state index in [1.807, 2.05) is 13.0 Å². The summed E-state index contributed by atoms with van der Waals surface area (Å²) < 4.78 is 6.42. The Balaban J connectivity index is 2.11. The van der Waals surface area contributed by atoms with Crippen LogP contribution in [0.1, 0.15) is 18.2 Å². The molecule has 0 aliphatic heterocycles. The second kappa shape index (κ2) is 6.58. The Bertz CT molecular complexity index is 562. The summed E-state index contributed by atoms with van der Waals surface area (Å²) in [5.74, 6) is 0.605. The van der Waals surface area contributed by atoms with E-state index in [-0.39, 0.29) is 0 Å². The van der Waals surface area contributed by atoms with Crippen molar-refractivity contribution >= 4 is 15.9 Å². The number of aryl methyl sites for hydroxylation is 1. The van der Waals surface area contributed by atoms with E-state index in [9.17, 15) is 0 Å². The highest BCUT2D eigenvalue weighted by molar-refractivity contribution is 9.10. The molecule has 0 spiro atoms. The number of aromatic nitrogens is 3. The van der Waals surface area contributed by atoms with Crippen LogP contribution in [0.4, 0.5) is 0 Å². The van der Waals surface area contributed by atoms with Crippen molar-refractivity contribution in [3.63, 3.8) is 0 Å². The van der Waals surface area contributed by atoms with Crippen molar-refractivity contribution < 1.29 is 4.74 Å². The van der Waals surface area contributed by atoms with E-state index in [0.717, 1.165) is 28.8 Å².